The molecule has 0 aliphatic heterocycles. The van der Waals surface area contributed by atoms with Crippen LogP contribution in [0.1, 0.15) is 30.9 Å². The van der Waals surface area contributed by atoms with E-state index in [0.29, 0.717) is 6.54 Å². The summed E-state index contributed by atoms with van der Waals surface area (Å²) in [6, 6.07) is 20.3. The Morgan fingerprint density at radius 3 is 1.84 bits per heavy atom. The van der Waals surface area contributed by atoms with Crippen molar-refractivity contribution < 1.29 is 4.79 Å². The van der Waals surface area contributed by atoms with Gasteiger partial charge in [-0.25, -0.2) is 0 Å². The van der Waals surface area contributed by atoms with Crippen molar-refractivity contribution in [2.45, 2.75) is 25.2 Å². The van der Waals surface area contributed by atoms with E-state index in [1.807, 2.05) is 50.5 Å². The Labute approximate surface area is 157 Å². The predicted octanol–water partition coefficient (Wildman–Crippen LogP) is 3.87. The zero-order chi connectivity index (χ0) is 17.4. The molecule has 0 aliphatic rings. The minimum Gasteiger partial charge on any atom is -0.354 e. The smallest absolute Gasteiger partial charge is 0.235 e. The van der Waals surface area contributed by atoms with Crippen LogP contribution in [0.25, 0.3) is 0 Å². The highest BCUT2D eigenvalue weighted by Gasteiger charge is 2.40. The highest BCUT2D eigenvalue weighted by Crippen LogP contribution is 2.37. The number of hydrogen-bond donors (Lipinski definition) is 1. The van der Waals surface area contributed by atoms with Crippen LogP contribution in [0.5, 0.6) is 0 Å². The summed E-state index contributed by atoms with van der Waals surface area (Å²) in [5.41, 5.74) is 1.48. The molecule has 0 atom stereocenters. The third-order valence-corrected chi connectivity index (χ3v) is 4.39. The van der Waals surface area contributed by atoms with Gasteiger partial charge in [-0.05, 0) is 31.6 Å². The molecule has 0 saturated heterocycles. The molecule has 2 rings (SSSR count). The normalized spacial score (nSPS) is 11.0. The van der Waals surface area contributed by atoms with Crippen molar-refractivity contribution in [2.75, 3.05) is 27.2 Å². The highest BCUT2D eigenvalue weighted by molar-refractivity contribution is 5.92. The summed E-state index contributed by atoms with van der Waals surface area (Å²) in [5, 5.41) is 3.16. The zero-order valence-corrected chi connectivity index (χ0v) is 16.2. The average Bonchev–Trinajstić information content (AvgIpc) is 2.60. The second-order valence-corrected chi connectivity index (χ2v) is 6.45. The third kappa shape index (κ3) is 5.07. The molecule has 1 N–H and O–H groups in total. The zero-order valence-electron chi connectivity index (χ0n) is 15.4. The van der Waals surface area contributed by atoms with Crippen molar-refractivity contribution in [2.24, 2.45) is 0 Å². The summed E-state index contributed by atoms with van der Waals surface area (Å²) < 4.78 is 0. The molecule has 0 aromatic heterocycles. The number of likely N-dealkylation sites (N-methyl/N-ethyl adjacent to an activating group) is 1. The van der Waals surface area contributed by atoms with Gasteiger partial charge in [0, 0.05) is 13.1 Å². The van der Waals surface area contributed by atoms with Crippen LogP contribution in [0.4, 0.5) is 0 Å². The average molecular weight is 361 g/mol. The van der Waals surface area contributed by atoms with Crippen LogP contribution in [0.2, 0.25) is 0 Å². The number of amides is 1. The molecule has 0 aliphatic carbocycles. The molecule has 2 aromatic rings. The molecule has 0 heterocycles. The lowest BCUT2D eigenvalue weighted by molar-refractivity contribution is -0.125. The maximum atomic E-state index is 13.3. The van der Waals surface area contributed by atoms with Crippen molar-refractivity contribution in [3.8, 4) is 0 Å². The first-order valence-corrected chi connectivity index (χ1v) is 8.65. The third-order valence-electron chi connectivity index (χ3n) is 4.39. The topological polar surface area (TPSA) is 32.3 Å². The molecule has 2 aromatic carbocycles. The summed E-state index contributed by atoms with van der Waals surface area (Å²) in [5.74, 6) is 0.0867. The number of nitrogens with zero attached hydrogens (tertiary/aromatic N) is 1. The van der Waals surface area contributed by atoms with E-state index in [9.17, 15) is 4.79 Å². The van der Waals surface area contributed by atoms with Crippen LogP contribution in [0.15, 0.2) is 60.7 Å². The molecule has 25 heavy (non-hydrogen) atoms. The van der Waals surface area contributed by atoms with Crippen LogP contribution < -0.4 is 5.32 Å². The van der Waals surface area contributed by atoms with Gasteiger partial charge in [-0.1, -0.05) is 74.0 Å². The van der Waals surface area contributed by atoms with Crippen LogP contribution in [-0.4, -0.2) is 38.0 Å². The molecule has 3 nitrogen and oxygen atoms in total. The van der Waals surface area contributed by atoms with E-state index in [0.717, 1.165) is 30.5 Å². The van der Waals surface area contributed by atoms with Crippen molar-refractivity contribution in [1.82, 2.24) is 10.2 Å². The Morgan fingerprint density at radius 1 is 0.960 bits per heavy atom. The number of benzene rings is 2. The van der Waals surface area contributed by atoms with Crippen molar-refractivity contribution in [3.05, 3.63) is 71.8 Å². The van der Waals surface area contributed by atoms with Crippen LogP contribution >= 0.6 is 12.4 Å². The second kappa shape index (κ2) is 10.2. The van der Waals surface area contributed by atoms with Crippen molar-refractivity contribution in [1.29, 1.82) is 0 Å². The second-order valence-electron chi connectivity index (χ2n) is 6.45. The van der Waals surface area contributed by atoms with Gasteiger partial charge in [0.25, 0.3) is 0 Å². The molecule has 0 fully saturated rings. The summed E-state index contributed by atoms with van der Waals surface area (Å²) in [6.07, 6.45) is 1.72. The van der Waals surface area contributed by atoms with E-state index in [1.165, 1.54) is 0 Å². The Balaban J connectivity index is 0.00000312. The summed E-state index contributed by atoms with van der Waals surface area (Å²) in [4.78, 5) is 15.4. The van der Waals surface area contributed by atoms with E-state index >= 15 is 0 Å². The van der Waals surface area contributed by atoms with Crippen LogP contribution in [0.3, 0.4) is 0 Å². The van der Waals surface area contributed by atoms with E-state index in [2.05, 4.69) is 41.4 Å². The van der Waals surface area contributed by atoms with Gasteiger partial charge in [0.2, 0.25) is 5.91 Å². The highest BCUT2D eigenvalue weighted by atomic mass is 35.5. The molecule has 0 unspecified atom stereocenters. The lowest BCUT2D eigenvalue weighted by Crippen LogP contribution is -2.47. The van der Waals surface area contributed by atoms with E-state index in [4.69, 9.17) is 0 Å². The van der Waals surface area contributed by atoms with Gasteiger partial charge >= 0.3 is 0 Å². The van der Waals surface area contributed by atoms with Gasteiger partial charge in [-0.15, -0.1) is 12.4 Å². The number of carbonyl (C=O) groups excluding carboxylic acids is 1. The van der Waals surface area contributed by atoms with Gasteiger partial charge in [0.05, 0.1) is 5.41 Å². The molecule has 0 radical (unpaired) electrons. The van der Waals surface area contributed by atoms with Gasteiger partial charge in [-0.3, -0.25) is 4.79 Å². The number of carbonyl (C=O) groups is 1. The monoisotopic (exact) mass is 360 g/mol. The van der Waals surface area contributed by atoms with Crippen molar-refractivity contribution in [3.63, 3.8) is 0 Å². The first-order chi connectivity index (χ1) is 11.6. The first-order valence-electron chi connectivity index (χ1n) is 8.65. The molecule has 136 valence electrons. The fraction of sp³-hybridized carbons (Fsp3) is 0.381. The summed E-state index contributed by atoms with van der Waals surface area (Å²) in [6.45, 7) is 3.61. The van der Waals surface area contributed by atoms with Gasteiger partial charge in [-0.2, -0.15) is 0 Å². The molecule has 0 bridgehead atoms. The number of hydrogen-bond acceptors (Lipinski definition) is 2. The minimum absolute atomic E-state index is 0. The van der Waals surface area contributed by atoms with Crippen LogP contribution in [-0.2, 0) is 10.2 Å². The predicted molar refractivity (Wildman–Crippen MR) is 107 cm³/mol. The fourth-order valence-electron chi connectivity index (χ4n) is 3.20. The van der Waals surface area contributed by atoms with E-state index in [-0.39, 0.29) is 18.3 Å². The standard InChI is InChI=1S/C21H28N2O.ClH/c1-4-15-21(18-11-7-5-8-12-18,19-13-9-6-10-14-19)20(24)22-16-17-23(2)3;/h5-14H,4,15-17H2,1-3H3,(H,22,24);1H. The van der Waals surface area contributed by atoms with Gasteiger partial charge in [0.1, 0.15) is 0 Å². The largest absolute Gasteiger partial charge is 0.354 e. The fourth-order valence-corrected chi connectivity index (χ4v) is 3.20. The molecule has 1 amide bonds. The maximum Gasteiger partial charge on any atom is 0.235 e. The molecule has 0 saturated carbocycles. The van der Waals surface area contributed by atoms with Crippen LogP contribution in [0, 0.1) is 0 Å². The molecular weight excluding hydrogens is 332 g/mol. The summed E-state index contributed by atoms with van der Waals surface area (Å²) in [7, 11) is 4.03. The Kier molecular flexibility index (Phi) is 8.67. The Hall–Kier alpha value is -1.84. The lowest BCUT2D eigenvalue weighted by atomic mass is 9.70. The number of nitrogens with one attached hydrogen (secondary N) is 1. The van der Waals surface area contributed by atoms with E-state index < -0.39 is 5.41 Å². The molecule has 0 spiro atoms. The maximum absolute atomic E-state index is 13.3. The Bertz CT molecular complexity index is 589. The summed E-state index contributed by atoms with van der Waals surface area (Å²) >= 11 is 0. The van der Waals surface area contributed by atoms with E-state index in [1.54, 1.807) is 0 Å². The molecule has 4 heteroatoms. The van der Waals surface area contributed by atoms with Crippen molar-refractivity contribution >= 4 is 18.3 Å². The lowest BCUT2D eigenvalue weighted by Gasteiger charge is -2.34. The van der Waals surface area contributed by atoms with Gasteiger partial charge in [0.15, 0.2) is 0 Å². The minimum atomic E-state index is -0.635. The van der Waals surface area contributed by atoms with Gasteiger partial charge < -0.3 is 10.2 Å². The first kappa shape index (κ1) is 21.2. The quantitative estimate of drug-likeness (QED) is 0.775. The number of rotatable bonds is 8. The Morgan fingerprint density at radius 2 is 1.44 bits per heavy atom. The number of halogens is 1. The molecular formula is C21H29ClN2O. The SMILES string of the molecule is CCCC(C(=O)NCCN(C)C)(c1ccccc1)c1ccccc1.Cl.